The Morgan fingerprint density at radius 3 is 2.55 bits per heavy atom. The lowest BCUT2D eigenvalue weighted by Gasteiger charge is -2.26. The second-order valence-electron chi connectivity index (χ2n) is 6.06. The number of alkyl halides is 3. The maximum Gasteiger partial charge on any atom is 0.412 e. The fourth-order valence-corrected chi connectivity index (χ4v) is 2.92. The van der Waals surface area contributed by atoms with Gasteiger partial charge >= 0.3 is 6.18 Å². The van der Waals surface area contributed by atoms with Gasteiger partial charge in [0, 0.05) is 0 Å². The van der Waals surface area contributed by atoms with Gasteiger partial charge in [0.25, 0.3) is 0 Å². The SMILES string of the molecule is Cc1cccc(C(NC(=O)CC2(O)CCCC2)C(F)(F)F)c1. The fraction of sp³-hybridized carbons (Fsp3) is 0.562. The summed E-state index contributed by atoms with van der Waals surface area (Å²) in [4.78, 5) is 11.9. The molecular weight excluding hydrogens is 295 g/mol. The van der Waals surface area contributed by atoms with Gasteiger partial charge in [0.1, 0.15) is 0 Å². The van der Waals surface area contributed by atoms with Gasteiger partial charge in [-0.3, -0.25) is 4.79 Å². The van der Waals surface area contributed by atoms with Crippen molar-refractivity contribution in [2.24, 2.45) is 0 Å². The molecule has 122 valence electrons. The number of hydrogen-bond donors (Lipinski definition) is 2. The maximum absolute atomic E-state index is 13.2. The zero-order valence-electron chi connectivity index (χ0n) is 12.4. The van der Waals surface area contributed by atoms with Crippen molar-refractivity contribution in [3.8, 4) is 0 Å². The van der Waals surface area contributed by atoms with E-state index in [1.54, 1.807) is 13.0 Å². The zero-order valence-corrected chi connectivity index (χ0v) is 12.4. The molecule has 0 bridgehead atoms. The smallest absolute Gasteiger partial charge is 0.389 e. The molecule has 1 aromatic rings. The molecule has 0 aromatic heterocycles. The van der Waals surface area contributed by atoms with Crippen LogP contribution in [0.4, 0.5) is 13.2 Å². The van der Waals surface area contributed by atoms with Gasteiger partial charge in [-0.25, -0.2) is 0 Å². The fourth-order valence-electron chi connectivity index (χ4n) is 2.92. The lowest BCUT2D eigenvalue weighted by molar-refractivity contribution is -0.164. The summed E-state index contributed by atoms with van der Waals surface area (Å²) in [6.45, 7) is 1.69. The van der Waals surface area contributed by atoms with Crippen LogP contribution < -0.4 is 5.32 Å². The molecule has 1 aromatic carbocycles. The molecule has 1 fully saturated rings. The standard InChI is InChI=1S/C16H20F3NO2/c1-11-5-4-6-12(9-11)14(16(17,18)19)20-13(21)10-15(22)7-2-3-8-15/h4-6,9,14,22H,2-3,7-8,10H2,1H3,(H,20,21). The summed E-state index contributed by atoms with van der Waals surface area (Å²) in [6.07, 6.45) is -2.36. The number of halogens is 3. The average Bonchev–Trinajstić information content (AvgIpc) is 2.81. The minimum atomic E-state index is -4.58. The monoisotopic (exact) mass is 315 g/mol. The number of amides is 1. The van der Waals surface area contributed by atoms with Gasteiger partial charge in [-0.05, 0) is 25.3 Å². The van der Waals surface area contributed by atoms with E-state index in [-0.39, 0.29) is 12.0 Å². The van der Waals surface area contributed by atoms with Crippen molar-refractivity contribution in [2.45, 2.75) is 56.8 Å². The van der Waals surface area contributed by atoms with E-state index in [9.17, 15) is 23.1 Å². The lowest BCUT2D eigenvalue weighted by atomic mass is 9.97. The van der Waals surface area contributed by atoms with Gasteiger partial charge in [-0.1, -0.05) is 42.7 Å². The molecule has 0 spiro atoms. The predicted octanol–water partition coefficient (Wildman–Crippen LogP) is 3.41. The summed E-state index contributed by atoms with van der Waals surface area (Å²) >= 11 is 0. The second-order valence-corrected chi connectivity index (χ2v) is 6.06. The van der Waals surface area contributed by atoms with Crippen LogP contribution in [0.25, 0.3) is 0 Å². The first-order valence-corrected chi connectivity index (χ1v) is 7.35. The van der Waals surface area contributed by atoms with Crippen molar-refractivity contribution in [2.75, 3.05) is 0 Å². The maximum atomic E-state index is 13.2. The summed E-state index contributed by atoms with van der Waals surface area (Å²) in [7, 11) is 0. The quantitative estimate of drug-likeness (QED) is 0.894. The van der Waals surface area contributed by atoms with Crippen LogP contribution in [0.15, 0.2) is 24.3 Å². The number of hydrogen-bond acceptors (Lipinski definition) is 2. The van der Waals surface area contributed by atoms with Gasteiger partial charge < -0.3 is 10.4 Å². The van der Waals surface area contributed by atoms with E-state index in [4.69, 9.17) is 0 Å². The highest BCUT2D eigenvalue weighted by Crippen LogP contribution is 2.35. The third-order valence-corrected chi connectivity index (χ3v) is 4.03. The molecule has 1 aliphatic rings. The van der Waals surface area contributed by atoms with E-state index in [2.05, 4.69) is 0 Å². The number of aryl methyl sites for hydroxylation is 1. The van der Waals surface area contributed by atoms with Crippen molar-refractivity contribution in [3.05, 3.63) is 35.4 Å². The molecule has 0 aliphatic heterocycles. The van der Waals surface area contributed by atoms with E-state index in [1.807, 2.05) is 5.32 Å². The molecule has 2 N–H and O–H groups in total. The topological polar surface area (TPSA) is 49.3 Å². The Balaban J connectivity index is 2.12. The highest BCUT2D eigenvalue weighted by Gasteiger charge is 2.43. The summed E-state index contributed by atoms with van der Waals surface area (Å²) in [5.74, 6) is -0.770. The molecule has 0 heterocycles. The molecule has 1 unspecified atom stereocenters. The van der Waals surface area contributed by atoms with Crippen molar-refractivity contribution >= 4 is 5.91 Å². The zero-order chi connectivity index (χ0) is 16.4. The van der Waals surface area contributed by atoms with Crippen LogP contribution in [0.3, 0.4) is 0 Å². The van der Waals surface area contributed by atoms with Gasteiger partial charge in [0.05, 0.1) is 12.0 Å². The largest absolute Gasteiger partial charge is 0.412 e. The number of carbonyl (C=O) groups is 1. The van der Waals surface area contributed by atoms with Crippen LogP contribution in [-0.4, -0.2) is 22.8 Å². The first-order chi connectivity index (χ1) is 10.2. The van der Waals surface area contributed by atoms with Crippen molar-refractivity contribution in [1.29, 1.82) is 0 Å². The van der Waals surface area contributed by atoms with E-state index in [0.29, 0.717) is 18.4 Å². The first kappa shape index (κ1) is 16.8. The Morgan fingerprint density at radius 2 is 2.00 bits per heavy atom. The van der Waals surface area contributed by atoms with Crippen molar-refractivity contribution in [1.82, 2.24) is 5.32 Å². The minimum Gasteiger partial charge on any atom is -0.389 e. The first-order valence-electron chi connectivity index (χ1n) is 7.35. The summed E-state index contributed by atoms with van der Waals surface area (Å²) in [5.41, 5.74) is -0.470. The normalized spacial score (nSPS) is 19.0. The molecule has 1 saturated carbocycles. The van der Waals surface area contributed by atoms with Gasteiger partial charge in [0.15, 0.2) is 6.04 Å². The Morgan fingerprint density at radius 1 is 1.36 bits per heavy atom. The number of nitrogens with one attached hydrogen (secondary N) is 1. The number of aliphatic hydroxyl groups is 1. The molecule has 6 heteroatoms. The minimum absolute atomic E-state index is 0.000684. The Hall–Kier alpha value is -1.56. The number of benzene rings is 1. The van der Waals surface area contributed by atoms with Crippen LogP contribution in [0, 0.1) is 6.92 Å². The molecule has 0 radical (unpaired) electrons. The molecular formula is C16H20F3NO2. The van der Waals surface area contributed by atoms with Gasteiger partial charge in [0.2, 0.25) is 5.91 Å². The van der Waals surface area contributed by atoms with Crippen molar-refractivity contribution < 1.29 is 23.1 Å². The molecule has 1 amide bonds. The Labute approximate surface area is 127 Å². The Bertz CT molecular complexity index is 536. The highest BCUT2D eigenvalue weighted by molar-refractivity contribution is 5.77. The van der Waals surface area contributed by atoms with E-state index in [0.717, 1.165) is 12.8 Å². The van der Waals surface area contributed by atoms with Gasteiger partial charge in [-0.15, -0.1) is 0 Å². The molecule has 22 heavy (non-hydrogen) atoms. The van der Waals surface area contributed by atoms with Crippen LogP contribution in [-0.2, 0) is 4.79 Å². The molecule has 3 nitrogen and oxygen atoms in total. The molecule has 1 atom stereocenters. The van der Waals surface area contributed by atoms with E-state index in [1.165, 1.54) is 18.2 Å². The summed E-state index contributed by atoms with van der Waals surface area (Å²) in [5, 5.41) is 12.2. The van der Waals surface area contributed by atoms with Gasteiger partial charge in [-0.2, -0.15) is 13.2 Å². The second kappa shape index (κ2) is 6.28. The van der Waals surface area contributed by atoms with E-state index < -0.39 is 23.7 Å². The summed E-state index contributed by atoms with van der Waals surface area (Å²) in [6, 6.07) is 3.92. The summed E-state index contributed by atoms with van der Waals surface area (Å²) < 4.78 is 39.7. The van der Waals surface area contributed by atoms with Crippen LogP contribution >= 0.6 is 0 Å². The van der Waals surface area contributed by atoms with Crippen LogP contribution in [0.5, 0.6) is 0 Å². The third-order valence-electron chi connectivity index (χ3n) is 4.03. The molecule has 2 rings (SSSR count). The lowest BCUT2D eigenvalue weighted by Crippen LogP contribution is -2.41. The van der Waals surface area contributed by atoms with Crippen LogP contribution in [0.2, 0.25) is 0 Å². The number of carbonyl (C=O) groups excluding carboxylic acids is 1. The van der Waals surface area contributed by atoms with Crippen LogP contribution in [0.1, 0.15) is 49.3 Å². The highest BCUT2D eigenvalue weighted by atomic mass is 19.4. The molecule has 0 saturated heterocycles. The molecule has 1 aliphatic carbocycles. The third kappa shape index (κ3) is 4.22. The number of rotatable bonds is 4. The average molecular weight is 315 g/mol. The Kier molecular flexibility index (Phi) is 4.80. The predicted molar refractivity (Wildman–Crippen MR) is 76.2 cm³/mol. The van der Waals surface area contributed by atoms with E-state index >= 15 is 0 Å². The van der Waals surface area contributed by atoms with Crippen molar-refractivity contribution in [3.63, 3.8) is 0 Å².